The molecule has 0 amide bonds. The van der Waals surface area contributed by atoms with Crippen LogP contribution in [0.1, 0.15) is 0 Å². The summed E-state index contributed by atoms with van der Waals surface area (Å²) in [5, 5.41) is 27.3. The van der Waals surface area contributed by atoms with Crippen LogP contribution in [0, 0.1) is 0 Å². The van der Waals surface area contributed by atoms with Gasteiger partial charge in [-0.2, -0.15) is 0 Å². The highest BCUT2D eigenvalue weighted by Gasteiger charge is 2.44. The molecule has 0 atom stereocenters. The van der Waals surface area contributed by atoms with Crippen molar-refractivity contribution in [2.45, 2.75) is 10.5 Å². The standard InChI is InChI=1S/C10H9ClO5S/c11-6-1-3-7(4-2-6)17-5-10(16,8(12)13)9(14)15/h1-4,16H,5H2,(H,12,13)(H,14,15). The van der Waals surface area contributed by atoms with E-state index >= 15 is 0 Å². The van der Waals surface area contributed by atoms with Crippen molar-refractivity contribution in [2.24, 2.45) is 0 Å². The van der Waals surface area contributed by atoms with Crippen molar-refractivity contribution < 1.29 is 24.9 Å². The molecule has 0 saturated carbocycles. The SMILES string of the molecule is O=C(O)C(O)(CSc1ccc(Cl)cc1)C(=O)O. The maximum Gasteiger partial charge on any atom is 0.348 e. The number of thioether (sulfide) groups is 1. The van der Waals surface area contributed by atoms with Crippen molar-refractivity contribution in [3.8, 4) is 0 Å². The lowest BCUT2D eigenvalue weighted by molar-refractivity contribution is -0.172. The second kappa shape index (κ2) is 5.39. The average molecular weight is 277 g/mol. The summed E-state index contributed by atoms with van der Waals surface area (Å²) in [5.41, 5.74) is -2.79. The van der Waals surface area contributed by atoms with E-state index < -0.39 is 23.3 Å². The van der Waals surface area contributed by atoms with E-state index in [0.29, 0.717) is 9.92 Å². The topological polar surface area (TPSA) is 94.8 Å². The van der Waals surface area contributed by atoms with Gasteiger partial charge in [-0.05, 0) is 24.3 Å². The van der Waals surface area contributed by atoms with E-state index in [0.717, 1.165) is 11.8 Å². The van der Waals surface area contributed by atoms with Gasteiger partial charge in [0.1, 0.15) is 0 Å². The molecular formula is C10H9ClO5S. The molecule has 0 fully saturated rings. The first kappa shape index (κ1) is 13.8. The largest absolute Gasteiger partial charge is 0.479 e. The summed E-state index contributed by atoms with van der Waals surface area (Å²) in [6, 6.07) is 6.39. The van der Waals surface area contributed by atoms with Crippen LogP contribution in [0.15, 0.2) is 29.2 Å². The smallest absolute Gasteiger partial charge is 0.348 e. The first-order valence-corrected chi connectivity index (χ1v) is 5.80. The van der Waals surface area contributed by atoms with Crippen molar-refractivity contribution in [1.29, 1.82) is 0 Å². The number of benzene rings is 1. The average Bonchev–Trinajstić information content (AvgIpc) is 2.27. The third-order valence-electron chi connectivity index (χ3n) is 1.97. The summed E-state index contributed by atoms with van der Waals surface area (Å²) in [7, 11) is 0. The fourth-order valence-corrected chi connectivity index (χ4v) is 2.01. The molecule has 7 heteroatoms. The molecule has 1 aromatic carbocycles. The van der Waals surface area contributed by atoms with Crippen LogP contribution in [-0.2, 0) is 9.59 Å². The molecule has 0 aliphatic carbocycles. The van der Waals surface area contributed by atoms with Gasteiger partial charge in [-0.25, -0.2) is 9.59 Å². The quantitative estimate of drug-likeness (QED) is 0.555. The maximum atomic E-state index is 10.7. The Hall–Kier alpha value is -1.24. The van der Waals surface area contributed by atoms with E-state index in [4.69, 9.17) is 21.8 Å². The Morgan fingerprint density at radius 1 is 1.18 bits per heavy atom. The minimum absolute atomic E-state index is 0.487. The zero-order valence-electron chi connectivity index (χ0n) is 8.46. The first-order valence-electron chi connectivity index (χ1n) is 4.44. The Morgan fingerprint density at radius 2 is 1.65 bits per heavy atom. The molecular weight excluding hydrogens is 268 g/mol. The third-order valence-corrected chi connectivity index (χ3v) is 3.39. The number of halogens is 1. The summed E-state index contributed by atoms with van der Waals surface area (Å²) < 4.78 is 0. The van der Waals surface area contributed by atoms with Gasteiger partial charge in [0, 0.05) is 15.7 Å². The normalized spacial score (nSPS) is 11.2. The summed E-state index contributed by atoms with van der Waals surface area (Å²) in [4.78, 5) is 22.0. The molecule has 92 valence electrons. The van der Waals surface area contributed by atoms with E-state index in [9.17, 15) is 14.7 Å². The lowest BCUT2D eigenvalue weighted by Crippen LogP contribution is -2.48. The predicted molar refractivity (Wildman–Crippen MR) is 62.4 cm³/mol. The molecule has 1 aromatic rings. The molecule has 3 N–H and O–H groups in total. The van der Waals surface area contributed by atoms with Gasteiger partial charge in [0.15, 0.2) is 0 Å². The van der Waals surface area contributed by atoms with Gasteiger partial charge in [-0.3, -0.25) is 0 Å². The lowest BCUT2D eigenvalue weighted by Gasteiger charge is -2.17. The van der Waals surface area contributed by atoms with Crippen LogP contribution in [0.3, 0.4) is 0 Å². The van der Waals surface area contributed by atoms with Crippen LogP contribution in [0.25, 0.3) is 0 Å². The number of hydrogen-bond acceptors (Lipinski definition) is 4. The molecule has 0 aliphatic heterocycles. The minimum Gasteiger partial charge on any atom is -0.479 e. The summed E-state index contributed by atoms with van der Waals surface area (Å²) in [6.45, 7) is 0. The molecule has 0 spiro atoms. The molecule has 1 rings (SSSR count). The second-order valence-corrected chi connectivity index (χ2v) is 4.70. The Balaban J connectivity index is 2.74. The first-order chi connectivity index (χ1) is 7.86. The van der Waals surface area contributed by atoms with E-state index in [1.54, 1.807) is 24.3 Å². The Bertz CT molecular complexity index is 417. The van der Waals surface area contributed by atoms with E-state index in [2.05, 4.69) is 0 Å². The number of aliphatic hydroxyl groups is 1. The van der Waals surface area contributed by atoms with Crippen molar-refractivity contribution in [1.82, 2.24) is 0 Å². The fraction of sp³-hybridized carbons (Fsp3) is 0.200. The fourth-order valence-electron chi connectivity index (χ4n) is 0.934. The molecule has 0 aliphatic rings. The van der Waals surface area contributed by atoms with Crippen LogP contribution >= 0.6 is 23.4 Å². The maximum absolute atomic E-state index is 10.7. The molecule has 0 aromatic heterocycles. The summed E-state index contributed by atoms with van der Waals surface area (Å²) in [6.07, 6.45) is 0. The van der Waals surface area contributed by atoms with Crippen molar-refractivity contribution in [3.05, 3.63) is 29.3 Å². The van der Waals surface area contributed by atoms with Gasteiger partial charge < -0.3 is 15.3 Å². The van der Waals surface area contributed by atoms with Gasteiger partial charge in [0.2, 0.25) is 0 Å². The minimum atomic E-state index is -2.79. The molecule has 17 heavy (non-hydrogen) atoms. The number of hydrogen-bond donors (Lipinski definition) is 3. The molecule has 0 unspecified atom stereocenters. The van der Waals surface area contributed by atoms with Crippen LogP contribution in [-0.4, -0.2) is 38.6 Å². The zero-order valence-corrected chi connectivity index (χ0v) is 10.0. The lowest BCUT2D eigenvalue weighted by atomic mass is 10.1. The van der Waals surface area contributed by atoms with E-state index in [-0.39, 0.29) is 0 Å². The number of rotatable bonds is 5. The second-order valence-electron chi connectivity index (χ2n) is 3.21. The Kier molecular flexibility index (Phi) is 4.39. The highest BCUT2D eigenvalue weighted by Crippen LogP contribution is 2.24. The van der Waals surface area contributed by atoms with Crippen LogP contribution in [0.4, 0.5) is 0 Å². The number of carboxylic acids is 2. The van der Waals surface area contributed by atoms with Crippen molar-refractivity contribution in [3.63, 3.8) is 0 Å². The Labute approximate surface area is 106 Å². The summed E-state index contributed by atoms with van der Waals surface area (Å²) >= 11 is 6.58. The summed E-state index contributed by atoms with van der Waals surface area (Å²) in [5.74, 6) is -4.06. The molecule has 5 nitrogen and oxygen atoms in total. The van der Waals surface area contributed by atoms with Crippen LogP contribution in [0.2, 0.25) is 5.02 Å². The van der Waals surface area contributed by atoms with Crippen LogP contribution < -0.4 is 0 Å². The van der Waals surface area contributed by atoms with Gasteiger partial charge in [-0.1, -0.05) is 11.6 Å². The molecule has 0 saturated heterocycles. The van der Waals surface area contributed by atoms with Crippen LogP contribution in [0.5, 0.6) is 0 Å². The Morgan fingerprint density at radius 3 is 2.06 bits per heavy atom. The van der Waals surface area contributed by atoms with E-state index in [1.165, 1.54) is 0 Å². The molecule has 0 bridgehead atoms. The van der Waals surface area contributed by atoms with Gasteiger partial charge in [-0.15, -0.1) is 11.8 Å². The zero-order chi connectivity index (χ0) is 13.1. The molecule has 0 radical (unpaired) electrons. The van der Waals surface area contributed by atoms with Gasteiger partial charge in [0.05, 0.1) is 0 Å². The predicted octanol–water partition coefficient (Wildman–Crippen LogP) is 1.33. The highest BCUT2D eigenvalue weighted by atomic mass is 35.5. The number of carboxylic acid groups (broad SMARTS) is 2. The monoisotopic (exact) mass is 276 g/mol. The van der Waals surface area contributed by atoms with Gasteiger partial charge >= 0.3 is 11.9 Å². The number of carbonyl (C=O) groups is 2. The van der Waals surface area contributed by atoms with E-state index in [1.807, 2.05) is 0 Å². The van der Waals surface area contributed by atoms with Gasteiger partial charge in [0.25, 0.3) is 5.60 Å². The van der Waals surface area contributed by atoms with Crippen molar-refractivity contribution in [2.75, 3.05) is 5.75 Å². The highest BCUT2D eigenvalue weighted by molar-refractivity contribution is 7.99. The molecule has 0 heterocycles. The van der Waals surface area contributed by atoms with Crippen molar-refractivity contribution >= 4 is 35.3 Å². The number of aliphatic carboxylic acids is 2. The third kappa shape index (κ3) is 3.36.